The van der Waals surface area contributed by atoms with Crippen molar-refractivity contribution >= 4 is 11.6 Å². The van der Waals surface area contributed by atoms with Gasteiger partial charge in [0, 0.05) is 0 Å². The van der Waals surface area contributed by atoms with Gasteiger partial charge in [-0.3, -0.25) is 5.10 Å². The summed E-state index contributed by atoms with van der Waals surface area (Å²) < 4.78 is 0. The Bertz CT molecular complexity index is 217. The van der Waals surface area contributed by atoms with Crippen molar-refractivity contribution in [1.82, 2.24) is 10.2 Å². The normalized spacial score (nSPS) is 10.3. The summed E-state index contributed by atoms with van der Waals surface area (Å²) in [5, 5.41) is 7.68. The van der Waals surface area contributed by atoms with Crippen LogP contribution in [0.25, 0.3) is 0 Å². The van der Waals surface area contributed by atoms with Crippen LogP contribution in [0.5, 0.6) is 0 Å². The number of nitrogens with zero attached hydrogens (tertiary/aromatic N) is 1. The summed E-state index contributed by atoms with van der Waals surface area (Å²) in [6.07, 6.45) is 2.05. The van der Waals surface area contributed by atoms with E-state index in [1.54, 1.807) is 0 Å². The van der Waals surface area contributed by atoms with Crippen LogP contribution in [0.3, 0.4) is 0 Å². The molecule has 0 fully saturated rings. The molecule has 56 valence electrons. The second kappa shape index (κ2) is 3.06. The van der Waals surface area contributed by atoms with E-state index in [1.807, 2.05) is 6.92 Å². The van der Waals surface area contributed by atoms with Crippen LogP contribution in [0.1, 0.15) is 24.7 Å². The van der Waals surface area contributed by atoms with Crippen molar-refractivity contribution in [2.45, 2.75) is 26.7 Å². The average molecular weight is 159 g/mol. The Kier molecular flexibility index (Phi) is 2.33. The molecule has 0 saturated heterocycles. The molecule has 0 aliphatic carbocycles. The third-order valence-electron chi connectivity index (χ3n) is 1.43. The lowest BCUT2D eigenvalue weighted by atomic mass is 10.2. The van der Waals surface area contributed by atoms with Crippen LogP contribution in [0, 0.1) is 6.92 Å². The molecule has 1 aromatic heterocycles. The van der Waals surface area contributed by atoms with E-state index in [0.29, 0.717) is 0 Å². The van der Waals surface area contributed by atoms with Crippen molar-refractivity contribution < 1.29 is 0 Å². The maximum absolute atomic E-state index is 5.89. The second-order valence-electron chi connectivity index (χ2n) is 2.36. The average Bonchev–Trinajstić information content (AvgIpc) is 2.20. The molecule has 0 radical (unpaired) electrons. The molecule has 0 saturated carbocycles. The van der Waals surface area contributed by atoms with E-state index in [9.17, 15) is 0 Å². The summed E-state index contributed by atoms with van der Waals surface area (Å²) in [7, 11) is 0. The second-order valence-corrected chi connectivity index (χ2v) is 2.74. The van der Waals surface area contributed by atoms with Gasteiger partial charge in [0.1, 0.15) is 0 Å². The minimum absolute atomic E-state index is 0.793. The molecule has 0 atom stereocenters. The fraction of sp³-hybridized carbons (Fsp3) is 0.571. The minimum atomic E-state index is 0.793. The van der Waals surface area contributed by atoms with Gasteiger partial charge >= 0.3 is 0 Å². The molecule has 1 aromatic rings. The van der Waals surface area contributed by atoms with Gasteiger partial charge in [-0.25, -0.2) is 0 Å². The zero-order valence-electron chi connectivity index (χ0n) is 6.24. The molecule has 0 aromatic carbocycles. The molecule has 10 heavy (non-hydrogen) atoms. The number of nitrogens with one attached hydrogen (secondary N) is 1. The number of hydrogen-bond acceptors (Lipinski definition) is 1. The Morgan fingerprint density at radius 2 is 2.30 bits per heavy atom. The van der Waals surface area contributed by atoms with Gasteiger partial charge in [-0.05, 0) is 13.3 Å². The highest BCUT2D eigenvalue weighted by atomic mass is 35.5. The minimum Gasteiger partial charge on any atom is -0.281 e. The van der Waals surface area contributed by atoms with Gasteiger partial charge < -0.3 is 0 Å². The highest BCUT2D eigenvalue weighted by Gasteiger charge is 2.04. The molecule has 0 aliphatic rings. The van der Waals surface area contributed by atoms with Crippen molar-refractivity contribution in [3.63, 3.8) is 0 Å². The number of rotatable bonds is 2. The van der Waals surface area contributed by atoms with E-state index >= 15 is 0 Å². The number of halogens is 1. The monoisotopic (exact) mass is 158 g/mol. The van der Waals surface area contributed by atoms with Crippen LogP contribution in [-0.2, 0) is 6.42 Å². The number of aromatic amines is 1. The van der Waals surface area contributed by atoms with Gasteiger partial charge in [0.05, 0.1) is 16.4 Å². The lowest BCUT2D eigenvalue weighted by molar-refractivity contribution is 0.865. The standard InChI is InChI=1S/C7H11ClN2/c1-3-4-6-7(8)5(2)9-10-6/h3-4H2,1-2H3,(H,9,10). The third-order valence-corrected chi connectivity index (χ3v) is 1.93. The van der Waals surface area contributed by atoms with Crippen LogP contribution in [0.2, 0.25) is 5.02 Å². The number of H-pyrrole nitrogens is 1. The van der Waals surface area contributed by atoms with Gasteiger partial charge in [-0.1, -0.05) is 24.9 Å². The van der Waals surface area contributed by atoms with Crippen molar-refractivity contribution in [2.24, 2.45) is 0 Å². The van der Waals surface area contributed by atoms with Crippen molar-refractivity contribution in [1.29, 1.82) is 0 Å². The third kappa shape index (κ3) is 1.32. The van der Waals surface area contributed by atoms with E-state index in [0.717, 1.165) is 29.3 Å². The summed E-state index contributed by atoms with van der Waals surface area (Å²) in [5.41, 5.74) is 1.95. The first-order valence-electron chi connectivity index (χ1n) is 3.45. The summed E-state index contributed by atoms with van der Waals surface area (Å²) in [6, 6.07) is 0. The smallest absolute Gasteiger partial charge is 0.0844 e. The quantitative estimate of drug-likeness (QED) is 0.703. The van der Waals surface area contributed by atoms with E-state index in [2.05, 4.69) is 17.1 Å². The molecule has 2 nitrogen and oxygen atoms in total. The zero-order chi connectivity index (χ0) is 7.56. The molecule has 0 aliphatic heterocycles. The van der Waals surface area contributed by atoms with Crippen molar-refractivity contribution in [3.05, 3.63) is 16.4 Å². The Hall–Kier alpha value is -0.500. The number of aryl methyl sites for hydroxylation is 2. The predicted molar refractivity (Wildman–Crippen MR) is 42.3 cm³/mol. The summed E-state index contributed by atoms with van der Waals surface area (Å²) in [6.45, 7) is 4.04. The molecular weight excluding hydrogens is 148 g/mol. The largest absolute Gasteiger partial charge is 0.281 e. The Morgan fingerprint density at radius 1 is 1.60 bits per heavy atom. The Labute approximate surface area is 65.6 Å². The van der Waals surface area contributed by atoms with Crippen LogP contribution in [-0.4, -0.2) is 10.2 Å². The summed E-state index contributed by atoms with van der Waals surface area (Å²) >= 11 is 5.89. The zero-order valence-corrected chi connectivity index (χ0v) is 7.00. The molecule has 0 amide bonds. The van der Waals surface area contributed by atoms with Crippen molar-refractivity contribution in [3.8, 4) is 0 Å². The first kappa shape index (κ1) is 7.61. The first-order chi connectivity index (χ1) is 4.75. The Morgan fingerprint density at radius 3 is 2.70 bits per heavy atom. The van der Waals surface area contributed by atoms with Gasteiger partial charge in [0.25, 0.3) is 0 Å². The van der Waals surface area contributed by atoms with Crippen LogP contribution in [0.15, 0.2) is 0 Å². The lowest BCUT2D eigenvalue weighted by Gasteiger charge is -1.90. The predicted octanol–water partition coefficient (Wildman–Crippen LogP) is 2.32. The van der Waals surface area contributed by atoms with Gasteiger partial charge in [-0.15, -0.1) is 0 Å². The summed E-state index contributed by atoms with van der Waals surface area (Å²) in [5.74, 6) is 0. The highest BCUT2D eigenvalue weighted by Crippen LogP contribution is 2.17. The number of aromatic nitrogens is 2. The molecule has 0 spiro atoms. The first-order valence-corrected chi connectivity index (χ1v) is 3.82. The lowest BCUT2D eigenvalue weighted by Crippen LogP contribution is -1.82. The molecule has 1 N–H and O–H groups in total. The van der Waals surface area contributed by atoms with E-state index in [-0.39, 0.29) is 0 Å². The summed E-state index contributed by atoms with van der Waals surface area (Å²) in [4.78, 5) is 0. The van der Waals surface area contributed by atoms with E-state index in [1.165, 1.54) is 0 Å². The molecular formula is C7H11ClN2. The molecule has 0 bridgehead atoms. The molecule has 1 rings (SSSR count). The van der Waals surface area contributed by atoms with E-state index in [4.69, 9.17) is 11.6 Å². The molecule has 1 heterocycles. The molecule has 0 unspecified atom stereocenters. The molecule has 3 heteroatoms. The van der Waals surface area contributed by atoms with Gasteiger partial charge in [0.2, 0.25) is 0 Å². The van der Waals surface area contributed by atoms with Gasteiger partial charge in [0.15, 0.2) is 0 Å². The fourth-order valence-electron chi connectivity index (χ4n) is 0.868. The van der Waals surface area contributed by atoms with Crippen LogP contribution in [0.4, 0.5) is 0 Å². The number of hydrogen-bond donors (Lipinski definition) is 1. The topological polar surface area (TPSA) is 28.7 Å². The maximum atomic E-state index is 5.89. The fourth-order valence-corrected chi connectivity index (χ4v) is 1.05. The Balaban J connectivity index is 2.83. The van der Waals surface area contributed by atoms with E-state index < -0.39 is 0 Å². The van der Waals surface area contributed by atoms with Crippen LogP contribution < -0.4 is 0 Å². The SMILES string of the molecule is CCCc1n[nH]c(C)c1Cl. The highest BCUT2D eigenvalue weighted by molar-refractivity contribution is 6.31. The maximum Gasteiger partial charge on any atom is 0.0844 e. The van der Waals surface area contributed by atoms with Crippen LogP contribution >= 0.6 is 11.6 Å². The van der Waals surface area contributed by atoms with Crippen molar-refractivity contribution in [2.75, 3.05) is 0 Å². The van der Waals surface area contributed by atoms with Gasteiger partial charge in [-0.2, -0.15) is 5.10 Å².